The van der Waals surface area contributed by atoms with E-state index in [1.807, 2.05) is 35.9 Å². The van der Waals surface area contributed by atoms with E-state index >= 15 is 0 Å². The number of hydrogen-bond donors (Lipinski definition) is 1. The molecule has 8 heteroatoms. The molecule has 4 aromatic rings. The maximum Gasteiger partial charge on any atom is 0.252 e. The highest BCUT2D eigenvalue weighted by atomic mass is 16.5. The number of hydrogen-bond acceptors (Lipinski definition) is 6. The van der Waals surface area contributed by atoms with Crippen LogP contribution in [0, 0.1) is 6.92 Å². The molecule has 0 amide bonds. The molecule has 8 nitrogen and oxygen atoms in total. The highest BCUT2D eigenvalue weighted by Crippen LogP contribution is 2.28. The summed E-state index contributed by atoms with van der Waals surface area (Å²) in [6, 6.07) is 18.5. The van der Waals surface area contributed by atoms with Crippen LogP contribution < -0.4 is 5.56 Å². The Balaban J connectivity index is 1.46. The second-order valence-corrected chi connectivity index (χ2v) is 10.0. The minimum Gasteiger partial charge on any atom is -0.377 e. The number of nitrogens with zero attached hydrogens (tertiary/aromatic N) is 5. The maximum absolute atomic E-state index is 13.2. The number of nitrogens with one attached hydrogen (secondary N) is 1. The lowest BCUT2D eigenvalue weighted by Crippen LogP contribution is -2.38. The molecular formula is C29H36N6O2. The van der Waals surface area contributed by atoms with Crippen LogP contribution in [-0.4, -0.2) is 49.3 Å². The number of aryl methyl sites for hydroxylation is 3. The van der Waals surface area contributed by atoms with Crippen molar-refractivity contribution < 1.29 is 4.74 Å². The third-order valence-corrected chi connectivity index (χ3v) is 7.32. The molecule has 1 aliphatic rings. The molecule has 1 saturated heterocycles. The number of aromatic amines is 1. The van der Waals surface area contributed by atoms with Crippen molar-refractivity contribution in [1.82, 2.24) is 30.1 Å². The molecule has 37 heavy (non-hydrogen) atoms. The summed E-state index contributed by atoms with van der Waals surface area (Å²) in [5.41, 5.74) is 3.93. The van der Waals surface area contributed by atoms with Crippen LogP contribution in [0.25, 0.3) is 10.9 Å². The Kier molecular flexibility index (Phi) is 8.06. The van der Waals surface area contributed by atoms with Crippen molar-refractivity contribution >= 4 is 10.9 Å². The maximum atomic E-state index is 13.2. The average molecular weight is 501 g/mol. The van der Waals surface area contributed by atoms with Gasteiger partial charge in [-0.25, -0.2) is 4.68 Å². The van der Waals surface area contributed by atoms with Gasteiger partial charge in [0.25, 0.3) is 5.56 Å². The number of aromatic nitrogens is 5. The van der Waals surface area contributed by atoms with E-state index in [-0.39, 0.29) is 17.7 Å². The highest BCUT2D eigenvalue weighted by Gasteiger charge is 2.30. The van der Waals surface area contributed by atoms with E-state index in [2.05, 4.69) is 62.7 Å². The van der Waals surface area contributed by atoms with E-state index in [0.29, 0.717) is 13.1 Å². The van der Waals surface area contributed by atoms with Gasteiger partial charge >= 0.3 is 0 Å². The number of ether oxygens (including phenoxy) is 1. The Morgan fingerprint density at radius 3 is 2.84 bits per heavy atom. The van der Waals surface area contributed by atoms with Crippen molar-refractivity contribution in [3.05, 3.63) is 87.5 Å². The molecule has 1 N–H and O–H groups in total. The lowest BCUT2D eigenvalue weighted by atomic mass is 10.0. The van der Waals surface area contributed by atoms with Crippen molar-refractivity contribution in [2.24, 2.45) is 0 Å². The third kappa shape index (κ3) is 5.97. The smallest absolute Gasteiger partial charge is 0.252 e. The van der Waals surface area contributed by atoms with Crippen LogP contribution in [0.5, 0.6) is 0 Å². The van der Waals surface area contributed by atoms with E-state index in [0.717, 1.165) is 73.1 Å². The van der Waals surface area contributed by atoms with Gasteiger partial charge in [0.2, 0.25) is 0 Å². The number of fused-ring (bicyclic) bond motifs is 1. The first-order valence-electron chi connectivity index (χ1n) is 13.4. The van der Waals surface area contributed by atoms with E-state index < -0.39 is 0 Å². The molecule has 0 radical (unpaired) electrons. The summed E-state index contributed by atoms with van der Waals surface area (Å²) in [7, 11) is 0. The van der Waals surface area contributed by atoms with Crippen LogP contribution in [0.2, 0.25) is 0 Å². The van der Waals surface area contributed by atoms with Gasteiger partial charge in [-0.15, -0.1) is 5.10 Å². The monoisotopic (exact) mass is 500 g/mol. The first-order chi connectivity index (χ1) is 18.1. The van der Waals surface area contributed by atoms with Crippen molar-refractivity contribution in [2.75, 3.05) is 13.2 Å². The molecule has 1 aliphatic heterocycles. The molecule has 0 spiro atoms. The second-order valence-electron chi connectivity index (χ2n) is 10.0. The van der Waals surface area contributed by atoms with E-state index in [1.165, 1.54) is 5.56 Å². The fourth-order valence-electron chi connectivity index (χ4n) is 5.35. The third-order valence-electron chi connectivity index (χ3n) is 7.32. The second kappa shape index (κ2) is 11.8. The van der Waals surface area contributed by atoms with Gasteiger partial charge in [-0.2, -0.15) is 0 Å². The van der Waals surface area contributed by atoms with Crippen LogP contribution in [-0.2, 0) is 24.2 Å². The molecule has 0 bridgehead atoms. The Bertz CT molecular complexity index is 1360. The molecule has 0 saturated carbocycles. The van der Waals surface area contributed by atoms with Crippen LogP contribution >= 0.6 is 0 Å². The van der Waals surface area contributed by atoms with Gasteiger partial charge in [-0.1, -0.05) is 61.9 Å². The van der Waals surface area contributed by atoms with Crippen LogP contribution in [0.1, 0.15) is 61.2 Å². The summed E-state index contributed by atoms with van der Waals surface area (Å²) in [4.78, 5) is 18.7. The van der Waals surface area contributed by atoms with Gasteiger partial charge in [0.15, 0.2) is 5.82 Å². The highest BCUT2D eigenvalue weighted by molar-refractivity contribution is 5.81. The molecule has 194 valence electrons. The molecular weight excluding hydrogens is 464 g/mol. The summed E-state index contributed by atoms with van der Waals surface area (Å²) >= 11 is 0. The lowest BCUT2D eigenvalue weighted by Gasteiger charge is -2.32. The number of H-pyrrole nitrogens is 1. The number of rotatable bonds is 11. The largest absolute Gasteiger partial charge is 0.377 e. The number of benzene rings is 2. The van der Waals surface area contributed by atoms with Gasteiger partial charge in [0.05, 0.1) is 17.7 Å². The fourth-order valence-corrected chi connectivity index (χ4v) is 5.35. The number of tetrazole rings is 1. The standard InChI is InChI=1S/C29H36N6O2/c1-3-9-26(28-31-32-33-35(28)16-15-22-11-5-4-6-12-22)34(20-25-14-8-17-37-25)19-24-18-23-13-7-10-21(2)27(23)30-29(24)36/h4-7,10-13,18,25-26H,3,8-9,14-17,19-20H2,1-2H3,(H,30,36)/t25-,26+/m0/s1. The van der Waals surface area contributed by atoms with Crippen molar-refractivity contribution in [3.8, 4) is 0 Å². The van der Waals surface area contributed by atoms with Gasteiger partial charge in [0, 0.05) is 31.8 Å². The SMILES string of the molecule is CCC[C@H](c1nnnn1CCc1ccccc1)N(Cc1cc2cccc(C)c2[nH]c1=O)C[C@@H]1CCCO1. The minimum atomic E-state index is -0.0435. The van der Waals surface area contributed by atoms with Gasteiger partial charge < -0.3 is 9.72 Å². The summed E-state index contributed by atoms with van der Waals surface area (Å²) in [6.07, 6.45) is 4.97. The van der Waals surface area contributed by atoms with Crippen molar-refractivity contribution in [2.45, 2.75) is 71.2 Å². The topological polar surface area (TPSA) is 88.9 Å². The van der Waals surface area contributed by atoms with E-state index in [4.69, 9.17) is 4.74 Å². The summed E-state index contributed by atoms with van der Waals surface area (Å²) < 4.78 is 7.97. The molecule has 0 aliphatic carbocycles. The number of pyridine rings is 1. The first kappa shape index (κ1) is 25.3. The van der Waals surface area contributed by atoms with Crippen LogP contribution in [0.4, 0.5) is 0 Å². The summed E-state index contributed by atoms with van der Waals surface area (Å²) in [5.74, 6) is 0.851. The first-order valence-corrected chi connectivity index (χ1v) is 13.4. The van der Waals surface area contributed by atoms with Gasteiger partial charge in [-0.3, -0.25) is 9.69 Å². The van der Waals surface area contributed by atoms with E-state index in [1.54, 1.807) is 0 Å². The zero-order valence-electron chi connectivity index (χ0n) is 21.8. The summed E-state index contributed by atoms with van der Waals surface area (Å²) in [6.45, 7) is 6.95. The summed E-state index contributed by atoms with van der Waals surface area (Å²) in [5, 5.41) is 14.0. The van der Waals surface area contributed by atoms with Crippen LogP contribution in [0.15, 0.2) is 59.4 Å². The lowest BCUT2D eigenvalue weighted by molar-refractivity contribution is 0.0475. The zero-order chi connectivity index (χ0) is 25.6. The minimum absolute atomic E-state index is 0.0208. The van der Waals surface area contributed by atoms with Gasteiger partial charge in [0.1, 0.15) is 0 Å². The zero-order valence-corrected chi connectivity index (χ0v) is 21.8. The quantitative estimate of drug-likeness (QED) is 0.324. The molecule has 1 fully saturated rings. The molecule has 5 rings (SSSR count). The Labute approximate surface area is 217 Å². The predicted molar refractivity (Wildman–Crippen MR) is 144 cm³/mol. The number of para-hydroxylation sites is 1. The molecule has 0 unspecified atom stereocenters. The van der Waals surface area contributed by atoms with Crippen molar-refractivity contribution in [1.29, 1.82) is 0 Å². The Morgan fingerprint density at radius 2 is 2.05 bits per heavy atom. The fraction of sp³-hybridized carbons (Fsp3) is 0.448. The predicted octanol–water partition coefficient (Wildman–Crippen LogP) is 4.59. The van der Waals surface area contributed by atoms with Crippen LogP contribution in [0.3, 0.4) is 0 Å². The normalized spacial score (nSPS) is 16.6. The Hall–Kier alpha value is -3.36. The van der Waals surface area contributed by atoms with Gasteiger partial charge in [-0.05, 0) is 65.6 Å². The molecule has 3 heterocycles. The van der Waals surface area contributed by atoms with Crippen molar-refractivity contribution in [3.63, 3.8) is 0 Å². The molecule has 2 aromatic carbocycles. The average Bonchev–Trinajstić information content (AvgIpc) is 3.60. The molecule has 2 atom stereocenters. The molecule has 2 aromatic heterocycles. The van der Waals surface area contributed by atoms with E-state index in [9.17, 15) is 4.79 Å². The Morgan fingerprint density at radius 1 is 1.19 bits per heavy atom.